The van der Waals surface area contributed by atoms with Gasteiger partial charge in [0.2, 0.25) is 0 Å². The van der Waals surface area contributed by atoms with Gasteiger partial charge < -0.3 is 5.32 Å². The SMILES string of the molecule is Cc1cnc(C2CC2C)nc1CNCC(C)C. The average molecular weight is 233 g/mol. The van der Waals surface area contributed by atoms with Crippen molar-refractivity contribution in [1.82, 2.24) is 15.3 Å². The first-order valence-corrected chi connectivity index (χ1v) is 6.61. The Balaban J connectivity index is 1.99. The van der Waals surface area contributed by atoms with E-state index in [9.17, 15) is 0 Å². The fourth-order valence-corrected chi connectivity index (χ4v) is 2.01. The highest BCUT2D eigenvalue weighted by atomic mass is 14.9. The van der Waals surface area contributed by atoms with Crippen LogP contribution in [0.25, 0.3) is 0 Å². The fourth-order valence-electron chi connectivity index (χ4n) is 2.01. The number of nitrogens with zero attached hydrogens (tertiary/aromatic N) is 2. The summed E-state index contributed by atoms with van der Waals surface area (Å²) in [7, 11) is 0. The predicted molar refractivity (Wildman–Crippen MR) is 69.8 cm³/mol. The maximum atomic E-state index is 4.71. The Hall–Kier alpha value is -0.960. The molecule has 0 saturated heterocycles. The fraction of sp³-hybridized carbons (Fsp3) is 0.714. The van der Waals surface area contributed by atoms with E-state index in [0.29, 0.717) is 11.8 Å². The maximum absolute atomic E-state index is 4.71. The van der Waals surface area contributed by atoms with Crippen LogP contribution in [-0.2, 0) is 6.54 Å². The van der Waals surface area contributed by atoms with Crippen LogP contribution in [0.1, 0.15) is 50.2 Å². The Morgan fingerprint density at radius 1 is 1.47 bits per heavy atom. The summed E-state index contributed by atoms with van der Waals surface area (Å²) in [6.45, 7) is 10.7. The molecule has 1 aromatic rings. The third kappa shape index (κ3) is 3.25. The van der Waals surface area contributed by atoms with Crippen molar-refractivity contribution in [3.63, 3.8) is 0 Å². The summed E-state index contributed by atoms with van der Waals surface area (Å²) in [5.74, 6) is 3.11. The van der Waals surface area contributed by atoms with Crippen molar-refractivity contribution >= 4 is 0 Å². The molecule has 0 radical (unpaired) electrons. The van der Waals surface area contributed by atoms with Crippen molar-refractivity contribution in [2.45, 2.75) is 46.6 Å². The minimum Gasteiger partial charge on any atom is -0.311 e. The second-order valence-corrected chi connectivity index (χ2v) is 5.70. The molecule has 3 heteroatoms. The maximum Gasteiger partial charge on any atom is 0.131 e. The second-order valence-electron chi connectivity index (χ2n) is 5.70. The molecule has 94 valence electrons. The average Bonchev–Trinajstić information content (AvgIpc) is 2.98. The van der Waals surface area contributed by atoms with Crippen molar-refractivity contribution in [1.29, 1.82) is 0 Å². The molecule has 0 aliphatic heterocycles. The molecule has 2 unspecified atom stereocenters. The molecule has 0 amide bonds. The van der Waals surface area contributed by atoms with E-state index >= 15 is 0 Å². The van der Waals surface area contributed by atoms with Crippen LogP contribution in [0.5, 0.6) is 0 Å². The van der Waals surface area contributed by atoms with Crippen molar-refractivity contribution in [3.05, 3.63) is 23.3 Å². The van der Waals surface area contributed by atoms with Crippen molar-refractivity contribution in [2.24, 2.45) is 11.8 Å². The molecule has 0 spiro atoms. The van der Waals surface area contributed by atoms with Gasteiger partial charge in [0.15, 0.2) is 0 Å². The van der Waals surface area contributed by atoms with Crippen LogP contribution < -0.4 is 5.32 Å². The lowest BCUT2D eigenvalue weighted by atomic mass is 10.2. The monoisotopic (exact) mass is 233 g/mol. The quantitative estimate of drug-likeness (QED) is 0.849. The summed E-state index contributed by atoms with van der Waals surface area (Å²) in [5.41, 5.74) is 2.35. The Labute approximate surface area is 104 Å². The first-order valence-electron chi connectivity index (χ1n) is 6.61. The Kier molecular flexibility index (Phi) is 3.77. The molecular formula is C14H23N3. The zero-order valence-corrected chi connectivity index (χ0v) is 11.3. The number of rotatable bonds is 5. The molecule has 0 bridgehead atoms. The molecule has 1 heterocycles. The van der Waals surface area contributed by atoms with Gasteiger partial charge in [-0.05, 0) is 37.3 Å². The summed E-state index contributed by atoms with van der Waals surface area (Å²) in [6.07, 6.45) is 3.22. The van der Waals surface area contributed by atoms with E-state index in [-0.39, 0.29) is 0 Å². The predicted octanol–water partition coefficient (Wildman–Crippen LogP) is 2.65. The number of aromatic nitrogens is 2. The molecule has 17 heavy (non-hydrogen) atoms. The standard InChI is InChI=1S/C14H23N3/c1-9(2)6-15-8-13-11(4)7-16-14(17-13)12-5-10(12)3/h7,9-10,12,15H,5-6,8H2,1-4H3. The van der Waals surface area contributed by atoms with E-state index in [1.807, 2.05) is 6.20 Å². The highest BCUT2D eigenvalue weighted by Crippen LogP contribution is 2.45. The number of hydrogen-bond donors (Lipinski definition) is 1. The van der Waals surface area contributed by atoms with Gasteiger partial charge in [-0.3, -0.25) is 0 Å². The summed E-state index contributed by atoms with van der Waals surface area (Å²) in [4.78, 5) is 9.16. The van der Waals surface area contributed by atoms with Crippen LogP contribution in [0.2, 0.25) is 0 Å². The zero-order valence-electron chi connectivity index (χ0n) is 11.3. The highest BCUT2D eigenvalue weighted by Gasteiger charge is 2.36. The Morgan fingerprint density at radius 2 is 2.18 bits per heavy atom. The lowest BCUT2D eigenvalue weighted by Gasteiger charge is -2.10. The number of nitrogens with one attached hydrogen (secondary N) is 1. The minimum absolute atomic E-state index is 0.611. The van der Waals surface area contributed by atoms with Crippen LogP contribution in [0, 0.1) is 18.8 Å². The smallest absolute Gasteiger partial charge is 0.131 e. The summed E-state index contributed by atoms with van der Waals surface area (Å²) < 4.78 is 0. The van der Waals surface area contributed by atoms with Gasteiger partial charge >= 0.3 is 0 Å². The van der Waals surface area contributed by atoms with Crippen molar-refractivity contribution in [2.75, 3.05) is 6.54 Å². The Bertz CT molecular complexity index is 387. The molecule has 2 rings (SSSR count). The summed E-state index contributed by atoms with van der Waals surface area (Å²) in [6, 6.07) is 0. The van der Waals surface area contributed by atoms with Crippen LogP contribution >= 0.6 is 0 Å². The second kappa shape index (κ2) is 5.13. The number of hydrogen-bond acceptors (Lipinski definition) is 3. The summed E-state index contributed by atoms with van der Waals surface area (Å²) in [5, 5.41) is 3.45. The van der Waals surface area contributed by atoms with Crippen LogP contribution in [0.4, 0.5) is 0 Å². The van der Waals surface area contributed by atoms with Crippen LogP contribution in [0.3, 0.4) is 0 Å². The lowest BCUT2D eigenvalue weighted by molar-refractivity contribution is 0.545. The van der Waals surface area contributed by atoms with Crippen molar-refractivity contribution in [3.8, 4) is 0 Å². The van der Waals surface area contributed by atoms with Gasteiger partial charge in [0.05, 0.1) is 5.69 Å². The molecule has 1 N–H and O–H groups in total. The van der Waals surface area contributed by atoms with Gasteiger partial charge in [0.1, 0.15) is 5.82 Å². The Morgan fingerprint density at radius 3 is 2.76 bits per heavy atom. The van der Waals surface area contributed by atoms with Gasteiger partial charge in [0, 0.05) is 18.7 Å². The third-order valence-electron chi connectivity index (χ3n) is 3.38. The van der Waals surface area contributed by atoms with Crippen LogP contribution in [0.15, 0.2) is 6.20 Å². The first kappa shape index (κ1) is 12.5. The molecule has 1 aliphatic carbocycles. The van der Waals surface area contributed by atoms with E-state index in [1.165, 1.54) is 12.0 Å². The van der Waals surface area contributed by atoms with E-state index < -0.39 is 0 Å². The third-order valence-corrected chi connectivity index (χ3v) is 3.38. The van der Waals surface area contributed by atoms with Gasteiger partial charge in [-0.1, -0.05) is 20.8 Å². The minimum atomic E-state index is 0.611. The number of aryl methyl sites for hydroxylation is 1. The molecule has 0 aromatic carbocycles. The molecular weight excluding hydrogens is 210 g/mol. The normalized spacial score (nSPS) is 23.1. The van der Waals surface area contributed by atoms with Gasteiger partial charge in [-0.25, -0.2) is 9.97 Å². The van der Waals surface area contributed by atoms with Crippen LogP contribution in [-0.4, -0.2) is 16.5 Å². The highest BCUT2D eigenvalue weighted by molar-refractivity contribution is 5.19. The van der Waals surface area contributed by atoms with E-state index in [0.717, 1.165) is 30.5 Å². The molecule has 3 nitrogen and oxygen atoms in total. The van der Waals surface area contributed by atoms with Gasteiger partial charge in [-0.2, -0.15) is 0 Å². The van der Waals surface area contributed by atoms with Gasteiger partial charge in [-0.15, -0.1) is 0 Å². The molecule has 1 aromatic heterocycles. The van der Waals surface area contributed by atoms with E-state index in [4.69, 9.17) is 4.98 Å². The largest absolute Gasteiger partial charge is 0.311 e. The van der Waals surface area contributed by atoms with E-state index in [1.54, 1.807) is 0 Å². The zero-order chi connectivity index (χ0) is 12.4. The topological polar surface area (TPSA) is 37.8 Å². The molecule has 1 saturated carbocycles. The van der Waals surface area contributed by atoms with Crippen molar-refractivity contribution < 1.29 is 0 Å². The molecule has 1 fully saturated rings. The van der Waals surface area contributed by atoms with E-state index in [2.05, 4.69) is 38.0 Å². The lowest BCUT2D eigenvalue weighted by Crippen LogP contribution is -2.20. The summed E-state index contributed by atoms with van der Waals surface area (Å²) >= 11 is 0. The van der Waals surface area contributed by atoms with Gasteiger partial charge in [0.25, 0.3) is 0 Å². The molecule has 2 atom stereocenters. The molecule has 1 aliphatic rings. The first-order chi connectivity index (χ1) is 8.08.